The number of benzene rings is 1. The molecule has 1 aromatic carbocycles. The van der Waals surface area contributed by atoms with Crippen molar-refractivity contribution in [1.82, 2.24) is 10.6 Å². The highest BCUT2D eigenvalue weighted by Crippen LogP contribution is 2.47. The van der Waals surface area contributed by atoms with Crippen LogP contribution in [0.25, 0.3) is 0 Å². The predicted molar refractivity (Wildman–Crippen MR) is 78.5 cm³/mol. The van der Waals surface area contributed by atoms with Crippen LogP contribution in [0.15, 0.2) is 24.3 Å². The molecular weight excluding hydrogens is 279 g/mol. The minimum atomic E-state index is -0.208. The molecule has 1 saturated heterocycles. The topological polar surface area (TPSA) is 41.1 Å². The minimum Gasteiger partial charge on any atom is -0.355 e. The number of nitrogens with one attached hydrogen (secondary N) is 2. The molecule has 0 spiro atoms. The monoisotopic (exact) mass is 298 g/mol. The molecule has 1 unspecified atom stereocenters. The van der Waals surface area contributed by atoms with Crippen molar-refractivity contribution < 1.29 is 9.18 Å². The lowest BCUT2D eigenvalue weighted by Gasteiger charge is -2.18. The number of rotatable bonds is 4. The van der Waals surface area contributed by atoms with Crippen LogP contribution < -0.4 is 10.6 Å². The van der Waals surface area contributed by atoms with Gasteiger partial charge in [0.25, 0.3) is 0 Å². The summed E-state index contributed by atoms with van der Waals surface area (Å²) >= 11 is 0. The molecule has 0 bridgehead atoms. The summed E-state index contributed by atoms with van der Waals surface area (Å²) in [5.74, 6) is 0.0584. The van der Waals surface area contributed by atoms with Gasteiger partial charge in [0, 0.05) is 18.5 Å². The van der Waals surface area contributed by atoms with E-state index >= 15 is 0 Å². The quantitative estimate of drug-likeness (QED) is 0.893. The van der Waals surface area contributed by atoms with E-state index < -0.39 is 0 Å². The lowest BCUT2D eigenvalue weighted by atomic mass is 9.95. The lowest BCUT2D eigenvalue weighted by Crippen LogP contribution is -2.37. The van der Waals surface area contributed by atoms with Crippen LogP contribution >= 0.6 is 12.4 Å². The second-order valence-electron chi connectivity index (χ2n) is 5.69. The maximum Gasteiger partial charge on any atom is 0.224 e. The first-order valence-electron chi connectivity index (χ1n) is 6.94. The summed E-state index contributed by atoms with van der Waals surface area (Å²) in [7, 11) is 0. The molecule has 0 radical (unpaired) electrons. The third-order valence-electron chi connectivity index (χ3n) is 4.34. The summed E-state index contributed by atoms with van der Waals surface area (Å²) in [4.78, 5) is 12.0. The standard InChI is InChI=1S/C15H19FN2O.ClH/c16-13-3-1-12(2-4-13)15(6-7-15)10-18-14(19)11-5-8-17-9-11;/h1-4,11,17H,5-10H2,(H,18,19);1H. The van der Waals surface area contributed by atoms with E-state index in [0.717, 1.165) is 37.9 Å². The van der Waals surface area contributed by atoms with Crippen molar-refractivity contribution in [3.05, 3.63) is 35.6 Å². The van der Waals surface area contributed by atoms with Crippen LogP contribution in [0.2, 0.25) is 0 Å². The molecule has 1 aliphatic heterocycles. The molecular formula is C15H20ClFN2O. The highest BCUT2D eigenvalue weighted by Gasteiger charge is 2.44. The van der Waals surface area contributed by atoms with Crippen LogP contribution in [0.3, 0.4) is 0 Å². The van der Waals surface area contributed by atoms with Gasteiger partial charge in [0.2, 0.25) is 5.91 Å². The molecule has 20 heavy (non-hydrogen) atoms. The largest absolute Gasteiger partial charge is 0.355 e. The molecule has 1 amide bonds. The first-order chi connectivity index (χ1) is 9.20. The fourth-order valence-corrected chi connectivity index (χ4v) is 2.80. The average Bonchev–Trinajstić information content (AvgIpc) is 3.01. The Hall–Kier alpha value is -1.13. The van der Waals surface area contributed by atoms with E-state index in [1.807, 2.05) is 12.1 Å². The van der Waals surface area contributed by atoms with Gasteiger partial charge in [-0.3, -0.25) is 4.79 Å². The fourth-order valence-electron chi connectivity index (χ4n) is 2.80. The predicted octanol–water partition coefficient (Wildman–Crippen LogP) is 2.00. The molecule has 1 saturated carbocycles. The Balaban J connectivity index is 0.00000147. The maximum atomic E-state index is 12.9. The molecule has 2 fully saturated rings. The van der Waals surface area contributed by atoms with E-state index in [9.17, 15) is 9.18 Å². The average molecular weight is 299 g/mol. The van der Waals surface area contributed by atoms with E-state index in [0.29, 0.717) is 6.54 Å². The molecule has 0 aromatic heterocycles. The third kappa shape index (κ3) is 3.13. The second-order valence-corrected chi connectivity index (χ2v) is 5.69. The van der Waals surface area contributed by atoms with Crippen molar-refractivity contribution in [2.45, 2.75) is 24.7 Å². The van der Waals surface area contributed by atoms with Crippen molar-refractivity contribution in [3.63, 3.8) is 0 Å². The van der Waals surface area contributed by atoms with Crippen molar-refractivity contribution >= 4 is 18.3 Å². The molecule has 1 aliphatic carbocycles. The Bertz CT molecular complexity index is 467. The van der Waals surface area contributed by atoms with Gasteiger partial charge in [0.05, 0.1) is 5.92 Å². The van der Waals surface area contributed by atoms with Crippen LogP contribution in [0, 0.1) is 11.7 Å². The van der Waals surface area contributed by atoms with Gasteiger partial charge in [0.15, 0.2) is 0 Å². The summed E-state index contributed by atoms with van der Waals surface area (Å²) in [5, 5.41) is 6.27. The van der Waals surface area contributed by atoms with Gasteiger partial charge in [0.1, 0.15) is 5.82 Å². The Morgan fingerprint density at radius 1 is 1.35 bits per heavy atom. The SMILES string of the molecule is Cl.O=C(NCC1(c2ccc(F)cc2)CC1)C1CCNC1. The Morgan fingerprint density at radius 2 is 2.05 bits per heavy atom. The molecule has 3 rings (SSSR count). The van der Waals surface area contributed by atoms with Gasteiger partial charge in [-0.1, -0.05) is 12.1 Å². The summed E-state index contributed by atoms with van der Waals surface area (Å²) in [6.07, 6.45) is 3.07. The molecule has 3 nitrogen and oxygen atoms in total. The normalized spacial score (nSPS) is 22.9. The molecule has 1 aromatic rings. The summed E-state index contributed by atoms with van der Waals surface area (Å²) < 4.78 is 12.9. The van der Waals surface area contributed by atoms with E-state index in [1.165, 1.54) is 12.1 Å². The van der Waals surface area contributed by atoms with Crippen LogP contribution in [0.4, 0.5) is 4.39 Å². The summed E-state index contributed by atoms with van der Waals surface area (Å²) in [5.41, 5.74) is 1.19. The number of hydrogen-bond donors (Lipinski definition) is 2. The van der Waals surface area contributed by atoms with Crippen LogP contribution in [0.5, 0.6) is 0 Å². The number of halogens is 2. The molecule has 1 atom stereocenters. The highest BCUT2D eigenvalue weighted by molar-refractivity contribution is 5.85. The summed E-state index contributed by atoms with van der Waals surface area (Å²) in [6.45, 7) is 2.39. The van der Waals surface area contributed by atoms with E-state index in [-0.39, 0.29) is 35.5 Å². The number of carbonyl (C=O) groups excluding carboxylic acids is 1. The first-order valence-corrected chi connectivity index (χ1v) is 6.94. The van der Waals surface area contributed by atoms with Gasteiger partial charge >= 0.3 is 0 Å². The Labute approximate surface area is 124 Å². The third-order valence-corrected chi connectivity index (χ3v) is 4.34. The molecule has 2 N–H and O–H groups in total. The van der Waals surface area contributed by atoms with Gasteiger partial charge in [-0.15, -0.1) is 12.4 Å². The van der Waals surface area contributed by atoms with Gasteiger partial charge < -0.3 is 10.6 Å². The number of carbonyl (C=O) groups is 1. The molecule has 2 aliphatic rings. The van der Waals surface area contributed by atoms with Crippen molar-refractivity contribution in [3.8, 4) is 0 Å². The van der Waals surface area contributed by atoms with Gasteiger partial charge in [-0.05, 0) is 43.5 Å². The van der Waals surface area contributed by atoms with Crippen LogP contribution in [-0.4, -0.2) is 25.5 Å². The van der Waals surface area contributed by atoms with E-state index in [4.69, 9.17) is 0 Å². The van der Waals surface area contributed by atoms with Crippen LogP contribution in [-0.2, 0) is 10.2 Å². The van der Waals surface area contributed by atoms with Gasteiger partial charge in [-0.2, -0.15) is 0 Å². The lowest BCUT2D eigenvalue weighted by molar-refractivity contribution is -0.124. The van der Waals surface area contributed by atoms with E-state index in [2.05, 4.69) is 10.6 Å². The smallest absolute Gasteiger partial charge is 0.224 e. The molecule has 110 valence electrons. The Kier molecular flexibility index (Phi) is 4.66. The minimum absolute atomic E-state index is 0. The number of hydrogen-bond acceptors (Lipinski definition) is 2. The molecule has 5 heteroatoms. The van der Waals surface area contributed by atoms with Crippen molar-refractivity contribution in [2.75, 3.05) is 19.6 Å². The zero-order chi connectivity index (χ0) is 13.3. The highest BCUT2D eigenvalue weighted by atomic mass is 35.5. The van der Waals surface area contributed by atoms with Crippen LogP contribution in [0.1, 0.15) is 24.8 Å². The van der Waals surface area contributed by atoms with Crippen molar-refractivity contribution in [1.29, 1.82) is 0 Å². The molecule has 1 heterocycles. The fraction of sp³-hybridized carbons (Fsp3) is 0.533. The number of amides is 1. The zero-order valence-corrected chi connectivity index (χ0v) is 12.1. The first kappa shape index (κ1) is 15.3. The van der Waals surface area contributed by atoms with Crippen molar-refractivity contribution in [2.24, 2.45) is 5.92 Å². The zero-order valence-electron chi connectivity index (χ0n) is 11.3. The maximum absolute atomic E-state index is 12.9. The second kappa shape index (κ2) is 6.10. The van der Waals surface area contributed by atoms with Gasteiger partial charge in [-0.25, -0.2) is 4.39 Å². The Morgan fingerprint density at radius 3 is 2.60 bits per heavy atom. The summed E-state index contributed by atoms with van der Waals surface area (Å²) in [6, 6.07) is 6.67. The van der Waals surface area contributed by atoms with E-state index in [1.54, 1.807) is 0 Å².